The monoisotopic (exact) mass is 342 g/mol. The molecule has 0 bridgehead atoms. The van der Waals surface area contributed by atoms with E-state index in [-0.39, 0.29) is 35.7 Å². The van der Waals surface area contributed by atoms with Crippen LogP contribution < -0.4 is 0 Å². The predicted molar refractivity (Wildman–Crippen MR) is 90.2 cm³/mol. The average molecular weight is 342 g/mol. The molecule has 0 heterocycles. The molecule has 0 saturated carbocycles. The van der Waals surface area contributed by atoms with Gasteiger partial charge in [0.25, 0.3) is 5.69 Å². The van der Waals surface area contributed by atoms with E-state index in [1.54, 1.807) is 38.1 Å². The lowest BCUT2D eigenvalue weighted by Crippen LogP contribution is -2.08. The number of carbonyl (C=O) groups is 2. The lowest BCUT2D eigenvalue weighted by molar-refractivity contribution is -0.435. The van der Waals surface area contributed by atoms with Crippen LogP contribution in [0.2, 0.25) is 0 Å². The zero-order valence-corrected chi connectivity index (χ0v) is 14.0. The van der Waals surface area contributed by atoms with Crippen molar-refractivity contribution in [1.82, 2.24) is 0 Å². The van der Waals surface area contributed by atoms with Crippen molar-refractivity contribution in [2.24, 2.45) is 5.11 Å². The number of carbonyl (C=O) groups excluding carboxylic acids is 2. The first-order chi connectivity index (χ1) is 12.1. The molecule has 130 valence electrons. The minimum absolute atomic E-state index is 0.0274. The van der Waals surface area contributed by atoms with E-state index >= 15 is 0 Å². The number of ether oxygens (including phenoxy) is 2. The fraction of sp³-hybridized carbons (Fsp3) is 0.222. The van der Waals surface area contributed by atoms with Crippen LogP contribution in [-0.4, -0.2) is 30.0 Å². The summed E-state index contributed by atoms with van der Waals surface area (Å²) in [5.74, 6) is -1.19. The van der Waals surface area contributed by atoms with Crippen molar-refractivity contribution in [1.29, 1.82) is 0 Å². The van der Waals surface area contributed by atoms with Gasteiger partial charge in [-0.1, -0.05) is 24.3 Å². The molecule has 25 heavy (non-hydrogen) atoms. The summed E-state index contributed by atoms with van der Waals surface area (Å²) in [4.78, 5) is 24.2. The van der Waals surface area contributed by atoms with E-state index < -0.39 is 11.9 Å². The van der Waals surface area contributed by atoms with Crippen LogP contribution in [0.25, 0.3) is 0 Å². The Kier molecular flexibility index (Phi) is 6.22. The molecule has 0 fully saturated rings. The summed E-state index contributed by atoms with van der Waals surface area (Å²) in [6.07, 6.45) is 0. The summed E-state index contributed by atoms with van der Waals surface area (Å²) >= 11 is 0. The Labute approximate surface area is 145 Å². The second kappa shape index (κ2) is 8.58. The van der Waals surface area contributed by atoms with Crippen LogP contribution in [0.15, 0.2) is 53.6 Å². The summed E-state index contributed by atoms with van der Waals surface area (Å²) < 4.78 is 9.90. The van der Waals surface area contributed by atoms with Gasteiger partial charge >= 0.3 is 11.9 Å². The zero-order chi connectivity index (χ0) is 18.2. The van der Waals surface area contributed by atoms with Crippen molar-refractivity contribution in [2.75, 3.05) is 13.2 Å². The third-order valence-corrected chi connectivity index (χ3v) is 3.20. The maximum Gasteiger partial charge on any atom is 0.345 e. The van der Waals surface area contributed by atoms with Gasteiger partial charge in [0.15, 0.2) is 0 Å². The van der Waals surface area contributed by atoms with Crippen LogP contribution in [0, 0.1) is 5.21 Å². The Morgan fingerprint density at radius 2 is 1.44 bits per heavy atom. The first kappa shape index (κ1) is 18.1. The van der Waals surface area contributed by atoms with Crippen LogP contribution in [0.3, 0.4) is 0 Å². The molecule has 0 aliphatic carbocycles. The van der Waals surface area contributed by atoms with Gasteiger partial charge in [-0.3, -0.25) is 0 Å². The van der Waals surface area contributed by atoms with E-state index in [4.69, 9.17) is 9.47 Å². The van der Waals surface area contributed by atoms with Gasteiger partial charge in [0.1, 0.15) is 11.3 Å². The van der Waals surface area contributed by atoms with E-state index in [1.807, 2.05) is 0 Å². The minimum Gasteiger partial charge on any atom is -0.594 e. The quantitative estimate of drug-likeness (QED) is 0.343. The van der Waals surface area contributed by atoms with Crippen molar-refractivity contribution in [3.8, 4) is 0 Å². The molecule has 0 amide bonds. The van der Waals surface area contributed by atoms with Crippen LogP contribution in [0.1, 0.15) is 34.6 Å². The number of rotatable bonds is 6. The van der Waals surface area contributed by atoms with Crippen molar-refractivity contribution >= 4 is 23.3 Å². The van der Waals surface area contributed by atoms with Gasteiger partial charge in [0.2, 0.25) is 0 Å². The Morgan fingerprint density at radius 1 is 0.920 bits per heavy atom. The van der Waals surface area contributed by atoms with E-state index in [0.717, 1.165) is 0 Å². The molecule has 0 aromatic heterocycles. The first-order valence-corrected chi connectivity index (χ1v) is 7.79. The number of hydrogen-bond acceptors (Lipinski definition) is 6. The average Bonchev–Trinajstić information content (AvgIpc) is 2.62. The molecule has 2 aromatic carbocycles. The topological polar surface area (TPSA) is 91.0 Å². The maximum absolute atomic E-state index is 12.5. The van der Waals surface area contributed by atoms with Gasteiger partial charge in [-0.25, -0.2) is 9.59 Å². The zero-order valence-electron chi connectivity index (χ0n) is 14.0. The smallest absolute Gasteiger partial charge is 0.345 e. The molecule has 7 nitrogen and oxygen atoms in total. The van der Waals surface area contributed by atoms with Crippen LogP contribution in [0.4, 0.5) is 11.4 Å². The highest BCUT2D eigenvalue weighted by Gasteiger charge is 2.20. The molecule has 0 atom stereocenters. The molecule has 0 unspecified atom stereocenters. The summed E-state index contributed by atoms with van der Waals surface area (Å²) in [7, 11) is 0. The first-order valence-electron chi connectivity index (χ1n) is 7.79. The van der Waals surface area contributed by atoms with Gasteiger partial charge in [-0.15, -0.1) is 0 Å². The Bertz CT molecular complexity index is 802. The fourth-order valence-electron chi connectivity index (χ4n) is 2.12. The van der Waals surface area contributed by atoms with Crippen molar-refractivity contribution in [2.45, 2.75) is 13.8 Å². The Hall–Kier alpha value is -3.22. The van der Waals surface area contributed by atoms with E-state index in [9.17, 15) is 14.8 Å². The van der Waals surface area contributed by atoms with Gasteiger partial charge in [0.05, 0.1) is 18.8 Å². The van der Waals surface area contributed by atoms with Gasteiger partial charge in [0, 0.05) is 11.2 Å². The summed E-state index contributed by atoms with van der Waals surface area (Å²) in [5, 5.41) is 16.4. The van der Waals surface area contributed by atoms with Crippen LogP contribution in [0.5, 0.6) is 0 Å². The molecule has 0 N–H and O–H groups in total. The molecule has 2 rings (SSSR count). The van der Waals surface area contributed by atoms with Crippen molar-refractivity contribution in [3.63, 3.8) is 0 Å². The highest BCUT2D eigenvalue weighted by atomic mass is 16.5. The highest BCUT2D eigenvalue weighted by molar-refractivity contribution is 5.95. The number of nitrogens with zero attached hydrogens (tertiary/aromatic N) is 2. The number of para-hydroxylation sites is 1. The molecule has 2 aromatic rings. The van der Waals surface area contributed by atoms with Crippen molar-refractivity contribution < 1.29 is 23.9 Å². The summed E-state index contributed by atoms with van der Waals surface area (Å²) in [6, 6.07) is 12.5. The van der Waals surface area contributed by atoms with E-state index in [0.29, 0.717) is 4.86 Å². The number of esters is 2. The molecule has 0 spiro atoms. The Balaban J connectivity index is 2.44. The molecule has 0 saturated heterocycles. The third kappa shape index (κ3) is 4.41. The second-order valence-corrected chi connectivity index (χ2v) is 4.85. The Morgan fingerprint density at radius 3 is 2.08 bits per heavy atom. The lowest BCUT2D eigenvalue weighted by atomic mass is 10.2. The van der Waals surface area contributed by atoms with E-state index in [1.165, 1.54) is 24.3 Å². The predicted octanol–water partition coefficient (Wildman–Crippen LogP) is 3.97. The standard InChI is InChI=1S/C18H18N2O5/c1-3-24-17(21)13-9-5-7-11-15(13)19-20(23)16-12-8-6-10-14(16)18(22)25-4-2/h5-12H,3-4H2,1-2H3. The normalized spacial score (nSPS) is 11.0. The fourth-order valence-corrected chi connectivity index (χ4v) is 2.12. The second-order valence-electron chi connectivity index (χ2n) is 4.85. The SMILES string of the molecule is CCOC(=O)c1ccccc1N=[N+]([O-])c1ccccc1C(=O)OCC. The molecule has 0 aliphatic heterocycles. The minimum atomic E-state index is -0.618. The van der Waals surface area contributed by atoms with Crippen LogP contribution in [-0.2, 0) is 9.47 Å². The molecule has 7 heteroatoms. The molecular formula is C18H18N2O5. The van der Waals surface area contributed by atoms with Gasteiger partial charge in [-0.05, 0) is 36.9 Å². The van der Waals surface area contributed by atoms with Gasteiger partial charge in [-0.2, -0.15) is 0 Å². The largest absolute Gasteiger partial charge is 0.594 e. The molecule has 0 aliphatic rings. The molecular weight excluding hydrogens is 324 g/mol. The van der Waals surface area contributed by atoms with Crippen LogP contribution >= 0.6 is 0 Å². The third-order valence-electron chi connectivity index (χ3n) is 3.20. The summed E-state index contributed by atoms with van der Waals surface area (Å²) in [6.45, 7) is 3.76. The highest BCUT2D eigenvalue weighted by Crippen LogP contribution is 2.25. The number of hydrogen-bond donors (Lipinski definition) is 0. The van der Waals surface area contributed by atoms with Crippen molar-refractivity contribution in [3.05, 3.63) is 64.9 Å². The van der Waals surface area contributed by atoms with Gasteiger partial charge < -0.3 is 14.7 Å². The summed E-state index contributed by atoms with van der Waals surface area (Å²) in [5.41, 5.74) is 0.435. The molecule has 0 radical (unpaired) electrons. The maximum atomic E-state index is 12.5. The lowest BCUT2D eigenvalue weighted by Gasteiger charge is -2.07. The number of azo groups is 1. The van der Waals surface area contributed by atoms with E-state index in [2.05, 4.69) is 5.11 Å². The number of benzene rings is 2.